The third-order valence-electron chi connectivity index (χ3n) is 5.62. The van der Waals surface area contributed by atoms with Crippen LogP contribution in [0.3, 0.4) is 0 Å². The molecule has 3 aromatic carbocycles. The molecular formula is C24H16Cl4F2N2O2. The van der Waals surface area contributed by atoms with Crippen LogP contribution in [-0.4, -0.2) is 23.2 Å². The van der Waals surface area contributed by atoms with Crippen LogP contribution in [0, 0.1) is 17.6 Å². The Morgan fingerprint density at radius 1 is 0.941 bits per heavy atom. The summed E-state index contributed by atoms with van der Waals surface area (Å²) in [7, 11) is 1.52. The van der Waals surface area contributed by atoms with Crippen molar-refractivity contribution in [3.63, 3.8) is 0 Å². The van der Waals surface area contributed by atoms with E-state index in [0.717, 1.165) is 0 Å². The van der Waals surface area contributed by atoms with E-state index in [4.69, 9.17) is 46.4 Å². The molecule has 0 saturated heterocycles. The second-order valence-corrected chi connectivity index (χ2v) is 10.1. The molecule has 1 fully saturated rings. The fraction of sp³-hybridized carbons (Fsp3) is 0.167. The van der Waals surface area contributed by atoms with Crippen LogP contribution >= 0.6 is 46.4 Å². The molecule has 1 aliphatic rings. The molecule has 2 amide bonds. The van der Waals surface area contributed by atoms with Gasteiger partial charge in [-0.05, 0) is 60.2 Å². The van der Waals surface area contributed by atoms with Gasteiger partial charge in [-0.1, -0.05) is 29.3 Å². The Hall–Kier alpha value is -2.38. The van der Waals surface area contributed by atoms with E-state index >= 15 is 0 Å². The molecule has 0 heterocycles. The highest BCUT2D eigenvalue weighted by molar-refractivity contribution is 6.53. The van der Waals surface area contributed by atoms with Crippen molar-refractivity contribution in [2.24, 2.45) is 5.92 Å². The Morgan fingerprint density at radius 3 is 2.26 bits per heavy atom. The van der Waals surface area contributed by atoms with Crippen LogP contribution in [0.25, 0.3) is 0 Å². The lowest BCUT2D eigenvalue weighted by molar-refractivity contribution is -0.117. The van der Waals surface area contributed by atoms with Gasteiger partial charge in [0, 0.05) is 24.3 Å². The Labute approximate surface area is 214 Å². The van der Waals surface area contributed by atoms with Crippen LogP contribution in [0.1, 0.15) is 21.8 Å². The molecule has 2 atom stereocenters. The van der Waals surface area contributed by atoms with E-state index in [1.54, 1.807) is 0 Å². The second kappa shape index (κ2) is 9.34. The van der Waals surface area contributed by atoms with Crippen molar-refractivity contribution in [1.29, 1.82) is 0 Å². The Bertz CT molecular complexity index is 1280. The van der Waals surface area contributed by atoms with Crippen molar-refractivity contribution < 1.29 is 18.4 Å². The molecule has 0 spiro atoms. The first kappa shape index (κ1) is 24.7. The lowest BCUT2D eigenvalue weighted by atomic mass is 10.1. The van der Waals surface area contributed by atoms with Crippen LogP contribution < -0.4 is 10.2 Å². The van der Waals surface area contributed by atoms with E-state index in [1.165, 1.54) is 72.6 Å². The maximum absolute atomic E-state index is 13.5. The number of carbonyl (C=O) groups is 2. The first-order valence-electron chi connectivity index (χ1n) is 9.97. The van der Waals surface area contributed by atoms with Crippen molar-refractivity contribution >= 4 is 69.6 Å². The molecule has 0 aliphatic heterocycles. The van der Waals surface area contributed by atoms with E-state index in [-0.39, 0.29) is 15.6 Å². The number of halogens is 6. The number of carbonyl (C=O) groups excluding carboxylic acids is 2. The number of nitrogens with one attached hydrogen (secondary N) is 1. The lowest BCUT2D eigenvalue weighted by Gasteiger charge is -2.18. The fourth-order valence-electron chi connectivity index (χ4n) is 3.72. The zero-order chi connectivity index (χ0) is 24.8. The number of nitrogens with zero attached hydrogens (tertiary/aromatic N) is 1. The number of hydrogen-bond acceptors (Lipinski definition) is 2. The van der Waals surface area contributed by atoms with Crippen molar-refractivity contribution in [3.05, 3.63) is 93.5 Å². The number of anilines is 2. The molecule has 3 aromatic rings. The summed E-state index contributed by atoms with van der Waals surface area (Å²) in [6, 6.07) is 13.9. The summed E-state index contributed by atoms with van der Waals surface area (Å²) >= 11 is 24.8. The molecule has 1 N–H and O–H groups in total. The summed E-state index contributed by atoms with van der Waals surface area (Å²) < 4.78 is 25.3. The maximum Gasteiger partial charge on any atom is 0.259 e. The molecule has 34 heavy (non-hydrogen) atoms. The average Bonchev–Trinajstić information content (AvgIpc) is 3.38. The van der Waals surface area contributed by atoms with Crippen LogP contribution in [0.2, 0.25) is 10.0 Å². The van der Waals surface area contributed by atoms with Crippen molar-refractivity contribution in [2.75, 3.05) is 17.3 Å². The summed E-state index contributed by atoms with van der Waals surface area (Å²) in [6.45, 7) is 0. The monoisotopic (exact) mass is 542 g/mol. The largest absolute Gasteiger partial charge is 0.326 e. The van der Waals surface area contributed by atoms with Gasteiger partial charge in [0.1, 0.15) is 16.0 Å². The van der Waals surface area contributed by atoms with Gasteiger partial charge in [-0.25, -0.2) is 8.78 Å². The van der Waals surface area contributed by atoms with Gasteiger partial charge in [0.15, 0.2) is 0 Å². The highest BCUT2D eigenvalue weighted by atomic mass is 35.5. The van der Waals surface area contributed by atoms with E-state index in [2.05, 4.69) is 5.32 Å². The molecule has 1 aliphatic carbocycles. The number of rotatable bonds is 5. The van der Waals surface area contributed by atoms with E-state index in [9.17, 15) is 18.4 Å². The molecule has 0 unspecified atom stereocenters. The standard InChI is InChI=1S/C24H16Cl4F2N2O2/c1-32(15-6-3-13(29)4-7-15)23(34)16-11-14(5-8-17(16)25)31-22(33)21-20(24(21,27)28)12-2-9-19(30)18(26)10-12/h2-11,20-21H,1H3,(H,31,33)/t20-,21+/m1/s1. The molecule has 1 saturated carbocycles. The zero-order valence-corrected chi connectivity index (χ0v) is 20.5. The van der Waals surface area contributed by atoms with Crippen molar-refractivity contribution in [1.82, 2.24) is 0 Å². The normalized spacial score (nSPS) is 18.3. The molecular weight excluding hydrogens is 528 g/mol. The summed E-state index contributed by atoms with van der Waals surface area (Å²) in [5.41, 5.74) is 1.43. The first-order chi connectivity index (χ1) is 16.0. The molecule has 0 radical (unpaired) electrons. The number of alkyl halides is 2. The predicted octanol–water partition coefficient (Wildman–Crippen LogP) is 7.07. The van der Waals surface area contributed by atoms with Gasteiger partial charge < -0.3 is 10.2 Å². The summed E-state index contributed by atoms with van der Waals surface area (Å²) in [5, 5.41) is 2.77. The van der Waals surface area contributed by atoms with Crippen molar-refractivity contribution in [3.8, 4) is 0 Å². The molecule has 4 nitrogen and oxygen atoms in total. The highest BCUT2D eigenvalue weighted by Gasteiger charge is 2.67. The first-order valence-corrected chi connectivity index (χ1v) is 11.5. The van der Waals surface area contributed by atoms with Gasteiger partial charge in [-0.2, -0.15) is 0 Å². The van der Waals surface area contributed by atoms with Crippen LogP contribution in [-0.2, 0) is 4.79 Å². The smallest absolute Gasteiger partial charge is 0.259 e. The third kappa shape index (κ3) is 4.73. The minimum absolute atomic E-state index is 0.0983. The topological polar surface area (TPSA) is 49.4 Å². The Morgan fingerprint density at radius 2 is 1.62 bits per heavy atom. The number of hydrogen-bond donors (Lipinski definition) is 1. The summed E-state index contributed by atoms with van der Waals surface area (Å²) in [5.74, 6) is -3.37. The maximum atomic E-state index is 13.5. The molecule has 4 rings (SSSR count). The molecule has 0 bridgehead atoms. The summed E-state index contributed by atoms with van der Waals surface area (Å²) in [6.07, 6.45) is 0. The van der Waals surface area contributed by atoms with Gasteiger partial charge in [0.2, 0.25) is 5.91 Å². The number of benzene rings is 3. The van der Waals surface area contributed by atoms with Gasteiger partial charge >= 0.3 is 0 Å². The fourth-order valence-corrected chi connectivity index (χ4v) is 4.94. The van der Waals surface area contributed by atoms with Gasteiger partial charge in [0.25, 0.3) is 5.91 Å². The van der Waals surface area contributed by atoms with Crippen LogP contribution in [0.4, 0.5) is 20.2 Å². The minimum atomic E-state index is -1.40. The molecule has 176 valence electrons. The Kier molecular flexibility index (Phi) is 6.80. The second-order valence-electron chi connectivity index (χ2n) is 7.83. The van der Waals surface area contributed by atoms with Crippen LogP contribution in [0.15, 0.2) is 60.7 Å². The SMILES string of the molecule is CN(C(=O)c1cc(NC(=O)[C@@H]2[C@@H](c3ccc(F)c(Cl)c3)C2(Cl)Cl)ccc1Cl)c1ccc(F)cc1. The van der Waals surface area contributed by atoms with E-state index in [0.29, 0.717) is 16.9 Å². The Balaban J connectivity index is 1.53. The van der Waals surface area contributed by atoms with Gasteiger partial charge in [-0.15, -0.1) is 23.2 Å². The van der Waals surface area contributed by atoms with Gasteiger partial charge in [-0.3, -0.25) is 9.59 Å². The molecule has 10 heteroatoms. The number of amides is 2. The van der Waals surface area contributed by atoms with E-state index in [1.807, 2.05) is 0 Å². The van der Waals surface area contributed by atoms with Gasteiger partial charge in [0.05, 0.1) is 21.5 Å². The van der Waals surface area contributed by atoms with Crippen LogP contribution in [0.5, 0.6) is 0 Å². The predicted molar refractivity (Wildman–Crippen MR) is 131 cm³/mol. The highest BCUT2D eigenvalue weighted by Crippen LogP contribution is 2.65. The quantitative estimate of drug-likeness (QED) is 0.350. The molecule has 0 aromatic heterocycles. The van der Waals surface area contributed by atoms with E-state index < -0.39 is 39.6 Å². The average molecular weight is 544 g/mol. The lowest BCUT2D eigenvalue weighted by Crippen LogP contribution is -2.26. The third-order valence-corrected chi connectivity index (χ3v) is 7.18. The summed E-state index contributed by atoms with van der Waals surface area (Å²) in [4.78, 5) is 27.2. The minimum Gasteiger partial charge on any atom is -0.326 e. The zero-order valence-electron chi connectivity index (χ0n) is 17.5. The van der Waals surface area contributed by atoms with Crippen molar-refractivity contribution in [2.45, 2.75) is 10.3 Å².